The van der Waals surface area contributed by atoms with Crippen molar-refractivity contribution in [1.29, 1.82) is 0 Å². The van der Waals surface area contributed by atoms with Gasteiger partial charge in [-0.15, -0.1) is 0 Å². The molecule has 5 heteroatoms. The van der Waals surface area contributed by atoms with Gasteiger partial charge in [-0.3, -0.25) is 9.97 Å². The van der Waals surface area contributed by atoms with E-state index in [1.165, 1.54) is 0 Å². The second-order valence-electron chi connectivity index (χ2n) is 5.17. The summed E-state index contributed by atoms with van der Waals surface area (Å²) < 4.78 is 5.80. The highest BCUT2D eigenvalue weighted by molar-refractivity contribution is 7.80. The highest BCUT2D eigenvalue weighted by Crippen LogP contribution is 2.19. The summed E-state index contributed by atoms with van der Waals surface area (Å²) >= 11 is 5.40. The molecule has 4 nitrogen and oxygen atoms in total. The van der Waals surface area contributed by atoms with Crippen molar-refractivity contribution in [3.05, 3.63) is 30.6 Å². The van der Waals surface area contributed by atoms with Gasteiger partial charge in [0.1, 0.15) is 5.75 Å². The van der Waals surface area contributed by atoms with Gasteiger partial charge in [0.15, 0.2) is 0 Å². The second-order valence-corrected chi connectivity index (χ2v) is 5.52. The summed E-state index contributed by atoms with van der Waals surface area (Å²) in [5.74, 6) is 0.689. The number of benzene rings is 1. The van der Waals surface area contributed by atoms with E-state index >= 15 is 0 Å². The minimum absolute atomic E-state index is 0.294. The summed E-state index contributed by atoms with van der Waals surface area (Å²) in [6.45, 7) is 8.39. The predicted molar refractivity (Wildman–Crippen MR) is 84.9 cm³/mol. The van der Waals surface area contributed by atoms with Crippen molar-refractivity contribution in [2.24, 2.45) is 0 Å². The van der Waals surface area contributed by atoms with Crippen molar-refractivity contribution in [3.8, 4) is 5.75 Å². The van der Waals surface area contributed by atoms with Crippen molar-refractivity contribution in [1.82, 2.24) is 14.9 Å². The first-order chi connectivity index (χ1) is 9.49. The molecule has 1 heterocycles. The zero-order chi connectivity index (χ0) is 14.7. The van der Waals surface area contributed by atoms with Crippen LogP contribution in [0.3, 0.4) is 0 Å². The number of fused-ring (bicyclic) bond motifs is 1. The lowest BCUT2D eigenvalue weighted by molar-refractivity contribution is 0.254. The number of hydrogen-bond acceptors (Lipinski definition) is 4. The fraction of sp³-hybridized carbons (Fsp3) is 0.400. The van der Waals surface area contributed by atoms with Crippen LogP contribution in [-0.2, 0) is 0 Å². The summed E-state index contributed by atoms with van der Waals surface area (Å²) in [5, 5.41) is 0.484. The Morgan fingerprint density at radius 1 is 1.05 bits per heavy atom. The van der Waals surface area contributed by atoms with Crippen LogP contribution in [0.1, 0.15) is 27.7 Å². The van der Waals surface area contributed by atoms with Gasteiger partial charge in [0.05, 0.1) is 11.0 Å². The van der Waals surface area contributed by atoms with Gasteiger partial charge in [0.25, 0.3) is 5.17 Å². The Morgan fingerprint density at radius 2 is 1.65 bits per heavy atom. The molecule has 2 aromatic rings. The molecule has 0 bridgehead atoms. The average molecular weight is 289 g/mol. The van der Waals surface area contributed by atoms with Crippen molar-refractivity contribution in [2.75, 3.05) is 0 Å². The Labute approximate surface area is 124 Å². The fourth-order valence-electron chi connectivity index (χ4n) is 2.18. The molecule has 0 aliphatic rings. The molecule has 0 aliphatic carbocycles. The lowest BCUT2D eigenvalue weighted by Gasteiger charge is -2.32. The van der Waals surface area contributed by atoms with Crippen LogP contribution < -0.4 is 4.74 Å². The number of ether oxygens (including phenoxy) is 1. The molecule has 0 aliphatic heterocycles. The SMILES string of the molecule is CC(C)N(C(=S)Oc1ccc2nccnc2c1)C(C)C. The molecule has 0 spiro atoms. The molecule has 0 amide bonds. The summed E-state index contributed by atoms with van der Waals surface area (Å²) in [7, 11) is 0. The van der Waals surface area contributed by atoms with E-state index in [1.54, 1.807) is 12.4 Å². The highest BCUT2D eigenvalue weighted by Gasteiger charge is 2.18. The number of hydrogen-bond donors (Lipinski definition) is 0. The number of rotatable bonds is 3. The zero-order valence-corrected chi connectivity index (χ0v) is 13.0. The molecular formula is C15H19N3OS. The number of thiocarbonyl (C=S) groups is 1. The maximum Gasteiger partial charge on any atom is 0.265 e. The Hall–Kier alpha value is -1.75. The standard InChI is InChI=1S/C15H19N3OS/c1-10(2)18(11(3)4)15(20)19-12-5-6-13-14(9-12)17-8-7-16-13/h5-11H,1-4H3. The maximum absolute atomic E-state index is 5.80. The quantitative estimate of drug-likeness (QED) is 0.810. The van der Waals surface area contributed by atoms with E-state index in [0.29, 0.717) is 23.0 Å². The Balaban J connectivity index is 2.20. The van der Waals surface area contributed by atoms with Gasteiger partial charge in [0, 0.05) is 30.5 Å². The zero-order valence-electron chi connectivity index (χ0n) is 12.2. The second kappa shape index (κ2) is 6.13. The van der Waals surface area contributed by atoms with Crippen LogP contribution in [0, 0.1) is 0 Å². The molecule has 2 rings (SSSR count). The summed E-state index contributed by atoms with van der Waals surface area (Å²) in [6, 6.07) is 6.19. The summed E-state index contributed by atoms with van der Waals surface area (Å²) in [6.07, 6.45) is 3.34. The molecular weight excluding hydrogens is 270 g/mol. The first-order valence-electron chi connectivity index (χ1n) is 6.70. The Bertz CT molecular complexity index is 605. The molecule has 1 aromatic heterocycles. The van der Waals surface area contributed by atoms with Gasteiger partial charge in [-0.25, -0.2) is 0 Å². The third kappa shape index (κ3) is 3.22. The van der Waals surface area contributed by atoms with E-state index in [4.69, 9.17) is 17.0 Å². The molecule has 0 N–H and O–H groups in total. The molecule has 0 saturated carbocycles. The molecule has 1 aromatic carbocycles. The van der Waals surface area contributed by atoms with Crippen LogP contribution in [0.15, 0.2) is 30.6 Å². The molecule has 0 saturated heterocycles. The highest BCUT2D eigenvalue weighted by atomic mass is 32.1. The van der Waals surface area contributed by atoms with E-state index in [1.807, 2.05) is 18.2 Å². The van der Waals surface area contributed by atoms with Crippen molar-refractivity contribution in [2.45, 2.75) is 39.8 Å². The lowest BCUT2D eigenvalue weighted by Crippen LogP contribution is -2.43. The summed E-state index contributed by atoms with van der Waals surface area (Å²) in [5.41, 5.74) is 1.64. The van der Waals surface area contributed by atoms with Gasteiger partial charge in [0.2, 0.25) is 0 Å². The first kappa shape index (κ1) is 14.7. The van der Waals surface area contributed by atoms with E-state index in [-0.39, 0.29) is 0 Å². The minimum Gasteiger partial charge on any atom is -0.432 e. The van der Waals surface area contributed by atoms with E-state index < -0.39 is 0 Å². The van der Waals surface area contributed by atoms with Crippen LogP contribution in [0.5, 0.6) is 5.75 Å². The fourth-order valence-corrected chi connectivity index (χ4v) is 2.70. The largest absolute Gasteiger partial charge is 0.432 e. The third-order valence-corrected chi connectivity index (χ3v) is 3.26. The van der Waals surface area contributed by atoms with E-state index in [9.17, 15) is 0 Å². The summed E-state index contributed by atoms with van der Waals surface area (Å²) in [4.78, 5) is 10.6. The van der Waals surface area contributed by atoms with Crippen molar-refractivity contribution in [3.63, 3.8) is 0 Å². The smallest absolute Gasteiger partial charge is 0.265 e. The maximum atomic E-state index is 5.80. The molecule has 20 heavy (non-hydrogen) atoms. The Morgan fingerprint density at radius 3 is 2.25 bits per heavy atom. The van der Waals surface area contributed by atoms with Crippen LogP contribution in [0.25, 0.3) is 11.0 Å². The van der Waals surface area contributed by atoms with Crippen LogP contribution in [-0.4, -0.2) is 32.1 Å². The monoisotopic (exact) mass is 289 g/mol. The van der Waals surface area contributed by atoms with Gasteiger partial charge in [-0.1, -0.05) is 0 Å². The van der Waals surface area contributed by atoms with Crippen LogP contribution in [0.4, 0.5) is 0 Å². The molecule has 106 valence electrons. The molecule has 0 radical (unpaired) electrons. The predicted octanol–water partition coefficient (Wildman–Crippen LogP) is 3.41. The average Bonchev–Trinajstić information content (AvgIpc) is 2.37. The van der Waals surface area contributed by atoms with Crippen LogP contribution >= 0.6 is 12.2 Å². The van der Waals surface area contributed by atoms with E-state index in [2.05, 4.69) is 42.6 Å². The van der Waals surface area contributed by atoms with Gasteiger partial charge in [-0.2, -0.15) is 0 Å². The molecule has 0 unspecified atom stereocenters. The Kier molecular flexibility index (Phi) is 4.49. The van der Waals surface area contributed by atoms with Crippen molar-refractivity contribution < 1.29 is 4.74 Å². The van der Waals surface area contributed by atoms with Gasteiger partial charge >= 0.3 is 0 Å². The van der Waals surface area contributed by atoms with Crippen LogP contribution in [0.2, 0.25) is 0 Å². The minimum atomic E-state index is 0.294. The van der Waals surface area contributed by atoms with Gasteiger partial charge in [-0.05, 0) is 52.0 Å². The first-order valence-corrected chi connectivity index (χ1v) is 7.11. The van der Waals surface area contributed by atoms with Gasteiger partial charge < -0.3 is 9.64 Å². The molecule has 0 atom stereocenters. The van der Waals surface area contributed by atoms with E-state index in [0.717, 1.165) is 11.0 Å². The number of nitrogens with zero attached hydrogens (tertiary/aromatic N) is 3. The molecule has 0 fully saturated rings. The third-order valence-electron chi connectivity index (χ3n) is 2.97. The lowest BCUT2D eigenvalue weighted by atomic mass is 10.2. The van der Waals surface area contributed by atoms with Crippen molar-refractivity contribution >= 4 is 28.4 Å². The topological polar surface area (TPSA) is 38.2 Å². The normalized spacial score (nSPS) is 11.1. The number of aromatic nitrogens is 2.